The van der Waals surface area contributed by atoms with Gasteiger partial charge in [-0.25, -0.2) is 0 Å². The van der Waals surface area contributed by atoms with Crippen LogP contribution in [0.25, 0.3) is 0 Å². The van der Waals surface area contributed by atoms with Crippen LogP contribution in [0.5, 0.6) is 0 Å². The monoisotopic (exact) mass is 345 g/mol. The SMILES string of the molecule is Cc1ccc(C[C@@H](NC(=O)Cc2ccc(C)nc2)c2ccccn2)cc1. The van der Waals surface area contributed by atoms with Gasteiger partial charge in [0, 0.05) is 18.1 Å². The summed E-state index contributed by atoms with van der Waals surface area (Å²) in [7, 11) is 0. The zero-order chi connectivity index (χ0) is 18.4. The van der Waals surface area contributed by atoms with Crippen LogP contribution in [-0.2, 0) is 17.6 Å². The highest BCUT2D eigenvalue weighted by Gasteiger charge is 2.17. The van der Waals surface area contributed by atoms with Crippen molar-refractivity contribution in [1.29, 1.82) is 0 Å². The second kappa shape index (κ2) is 8.39. The van der Waals surface area contributed by atoms with Crippen molar-refractivity contribution in [1.82, 2.24) is 15.3 Å². The van der Waals surface area contributed by atoms with E-state index in [0.29, 0.717) is 12.8 Å². The Morgan fingerprint density at radius 1 is 0.962 bits per heavy atom. The molecule has 0 radical (unpaired) electrons. The standard InChI is InChI=1S/C22H23N3O/c1-16-6-9-18(10-7-16)13-21(20-5-3-4-12-23-20)25-22(26)14-19-11-8-17(2)24-15-19/h3-12,15,21H,13-14H2,1-2H3,(H,25,26)/t21-/m1/s1. The van der Waals surface area contributed by atoms with Crippen molar-refractivity contribution in [3.05, 3.63) is 95.1 Å². The summed E-state index contributed by atoms with van der Waals surface area (Å²) in [4.78, 5) is 21.2. The Hall–Kier alpha value is -3.01. The van der Waals surface area contributed by atoms with E-state index in [1.165, 1.54) is 11.1 Å². The van der Waals surface area contributed by atoms with E-state index in [-0.39, 0.29) is 11.9 Å². The summed E-state index contributed by atoms with van der Waals surface area (Å²) in [6.07, 6.45) is 4.53. The summed E-state index contributed by atoms with van der Waals surface area (Å²) in [6, 6.07) is 17.9. The fourth-order valence-corrected chi connectivity index (χ4v) is 2.81. The third kappa shape index (κ3) is 4.99. The van der Waals surface area contributed by atoms with Gasteiger partial charge in [0.1, 0.15) is 0 Å². The number of carbonyl (C=O) groups is 1. The molecule has 26 heavy (non-hydrogen) atoms. The smallest absolute Gasteiger partial charge is 0.225 e. The van der Waals surface area contributed by atoms with Gasteiger partial charge in [0.25, 0.3) is 0 Å². The van der Waals surface area contributed by atoms with Crippen molar-refractivity contribution >= 4 is 5.91 Å². The molecule has 0 saturated heterocycles. The predicted molar refractivity (Wildman–Crippen MR) is 103 cm³/mol. The maximum Gasteiger partial charge on any atom is 0.225 e. The number of nitrogens with zero attached hydrogens (tertiary/aromatic N) is 2. The molecule has 0 fully saturated rings. The van der Waals surface area contributed by atoms with Crippen molar-refractivity contribution in [2.75, 3.05) is 0 Å². The van der Waals surface area contributed by atoms with Crippen LogP contribution < -0.4 is 5.32 Å². The van der Waals surface area contributed by atoms with Gasteiger partial charge < -0.3 is 5.32 Å². The molecule has 1 atom stereocenters. The summed E-state index contributed by atoms with van der Waals surface area (Å²) in [5.41, 5.74) is 5.11. The topological polar surface area (TPSA) is 54.9 Å². The molecular weight excluding hydrogens is 322 g/mol. The van der Waals surface area contributed by atoms with Gasteiger partial charge in [-0.15, -0.1) is 0 Å². The van der Waals surface area contributed by atoms with Crippen LogP contribution in [0.15, 0.2) is 67.0 Å². The molecule has 0 bridgehead atoms. The first-order valence-electron chi connectivity index (χ1n) is 8.77. The van der Waals surface area contributed by atoms with Crippen LogP contribution in [0.4, 0.5) is 0 Å². The second-order valence-electron chi connectivity index (χ2n) is 6.55. The molecule has 0 saturated carbocycles. The van der Waals surface area contributed by atoms with Gasteiger partial charge in [-0.05, 0) is 49.6 Å². The van der Waals surface area contributed by atoms with E-state index in [0.717, 1.165) is 17.0 Å². The molecule has 0 aliphatic heterocycles. The van der Waals surface area contributed by atoms with E-state index in [4.69, 9.17) is 0 Å². The summed E-state index contributed by atoms with van der Waals surface area (Å²) in [5.74, 6) is -0.0292. The average molecular weight is 345 g/mol. The number of aromatic nitrogens is 2. The van der Waals surface area contributed by atoms with E-state index in [2.05, 4.69) is 46.5 Å². The minimum atomic E-state index is -0.162. The van der Waals surface area contributed by atoms with Gasteiger partial charge >= 0.3 is 0 Å². The molecule has 1 amide bonds. The molecule has 4 heteroatoms. The molecule has 3 rings (SSSR count). The van der Waals surface area contributed by atoms with Crippen molar-refractivity contribution in [2.45, 2.75) is 32.7 Å². The lowest BCUT2D eigenvalue weighted by atomic mass is 10.0. The summed E-state index contributed by atoms with van der Waals surface area (Å²) in [6.45, 7) is 4.00. The molecular formula is C22H23N3O. The molecule has 2 aromatic heterocycles. The number of nitrogens with one attached hydrogen (secondary N) is 1. The Bertz CT molecular complexity index is 843. The fourth-order valence-electron chi connectivity index (χ4n) is 2.81. The molecule has 3 aromatic rings. The minimum Gasteiger partial charge on any atom is -0.347 e. The molecule has 132 valence electrons. The van der Waals surface area contributed by atoms with Crippen LogP contribution in [0.2, 0.25) is 0 Å². The van der Waals surface area contributed by atoms with Crippen LogP contribution in [0.3, 0.4) is 0 Å². The quantitative estimate of drug-likeness (QED) is 0.740. The molecule has 0 aliphatic carbocycles. The van der Waals surface area contributed by atoms with Crippen molar-refractivity contribution in [3.63, 3.8) is 0 Å². The number of hydrogen-bond donors (Lipinski definition) is 1. The zero-order valence-corrected chi connectivity index (χ0v) is 15.1. The van der Waals surface area contributed by atoms with Gasteiger partial charge in [-0.3, -0.25) is 14.8 Å². The summed E-state index contributed by atoms with van der Waals surface area (Å²) >= 11 is 0. The van der Waals surface area contributed by atoms with Crippen molar-refractivity contribution in [3.8, 4) is 0 Å². The minimum absolute atomic E-state index is 0.0292. The third-order valence-corrected chi connectivity index (χ3v) is 4.28. The molecule has 4 nitrogen and oxygen atoms in total. The van der Waals surface area contributed by atoms with Crippen molar-refractivity contribution < 1.29 is 4.79 Å². The number of amides is 1. The molecule has 1 aromatic carbocycles. The fraction of sp³-hybridized carbons (Fsp3) is 0.227. The lowest BCUT2D eigenvalue weighted by Gasteiger charge is -2.19. The first-order valence-corrected chi connectivity index (χ1v) is 8.77. The second-order valence-corrected chi connectivity index (χ2v) is 6.55. The number of pyridine rings is 2. The predicted octanol–water partition coefficient (Wildman–Crippen LogP) is 3.74. The number of rotatable bonds is 6. The number of carbonyl (C=O) groups excluding carboxylic acids is 1. The maximum absolute atomic E-state index is 12.6. The molecule has 0 spiro atoms. The van der Waals surface area contributed by atoms with E-state index in [1.54, 1.807) is 12.4 Å². The number of benzene rings is 1. The van der Waals surface area contributed by atoms with Gasteiger partial charge in [0.05, 0.1) is 18.2 Å². The first-order chi connectivity index (χ1) is 12.6. The first kappa shape index (κ1) is 17.8. The number of hydrogen-bond acceptors (Lipinski definition) is 3. The van der Waals surface area contributed by atoms with Crippen LogP contribution in [0.1, 0.15) is 34.1 Å². The zero-order valence-electron chi connectivity index (χ0n) is 15.1. The maximum atomic E-state index is 12.6. The average Bonchev–Trinajstić information content (AvgIpc) is 2.65. The lowest BCUT2D eigenvalue weighted by molar-refractivity contribution is -0.121. The Morgan fingerprint density at radius 3 is 2.38 bits per heavy atom. The van der Waals surface area contributed by atoms with Crippen LogP contribution in [-0.4, -0.2) is 15.9 Å². The van der Waals surface area contributed by atoms with E-state index in [9.17, 15) is 4.79 Å². The third-order valence-electron chi connectivity index (χ3n) is 4.28. The van der Waals surface area contributed by atoms with E-state index >= 15 is 0 Å². The molecule has 1 N–H and O–H groups in total. The van der Waals surface area contributed by atoms with Gasteiger partial charge in [0.15, 0.2) is 0 Å². The largest absolute Gasteiger partial charge is 0.347 e. The molecule has 2 heterocycles. The molecule has 0 unspecified atom stereocenters. The summed E-state index contributed by atoms with van der Waals surface area (Å²) in [5, 5.41) is 3.13. The lowest BCUT2D eigenvalue weighted by Crippen LogP contribution is -2.31. The van der Waals surface area contributed by atoms with Crippen LogP contribution in [0, 0.1) is 13.8 Å². The van der Waals surface area contributed by atoms with E-state index in [1.807, 2.05) is 37.3 Å². The van der Waals surface area contributed by atoms with Crippen molar-refractivity contribution in [2.24, 2.45) is 0 Å². The van der Waals surface area contributed by atoms with E-state index < -0.39 is 0 Å². The van der Waals surface area contributed by atoms with Gasteiger partial charge in [-0.1, -0.05) is 42.0 Å². The highest BCUT2D eigenvalue weighted by molar-refractivity contribution is 5.78. The Kier molecular flexibility index (Phi) is 5.74. The highest BCUT2D eigenvalue weighted by atomic mass is 16.1. The highest BCUT2D eigenvalue weighted by Crippen LogP contribution is 2.17. The Labute approximate surface area is 154 Å². The Balaban J connectivity index is 1.73. The Morgan fingerprint density at radius 2 is 1.73 bits per heavy atom. The van der Waals surface area contributed by atoms with Crippen LogP contribution >= 0.6 is 0 Å². The molecule has 0 aliphatic rings. The van der Waals surface area contributed by atoms with Gasteiger partial charge in [0.2, 0.25) is 5.91 Å². The number of aryl methyl sites for hydroxylation is 2. The van der Waals surface area contributed by atoms with Gasteiger partial charge in [-0.2, -0.15) is 0 Å². The summed E-state index contributed by atoms with van der Waals surface area (Å²) < 4.78 is 0. The normalized spacial score (nSPS) is 11.8.